The number of aliphatic hydroxyl groups excluding tert-OH is 1. The standard InChI is InChI=1S/C8H10O3/c1-3-4-6-5(2)7(9)8(10)11-6/h3-4,7,9H,1-2H3/b4-3+/t7-/m0/s1. The lowest BCUT2D eigenvalue weighted by Gasteiger charge is -1.93. The van der Waals surface area contributed by atoms with Gasteiger partial charge in [0.1, 0.15) is 5.76 Å². The summed E-state index contributed by atoms with van der Waals surface area (Å²) < 4.78 is 4.73. The normalized spacial score (nSPS) is 25.0. The average Bonchev–Trinajstić information content (AvgIpc) is 2.19. The van der Waals surface area contributed by atoms with E-state index in [0.29, 0.717) is 11.3 Å². The number of ether oxygens (including phenoxy) is 1. The molecule has 0 aromatic rings. The number of rotatable bonds is 1. The minimum atomic E-state index is -1.07. The molecular formula is C8H10O3. The predicted molar refractivity (Wildman–Crippen MR) is 39.6 cm³/mol. The van der Waals surface area contributed by atoms with Crippen molar-refractivity contribution < 1.29 is 14.6 Å². The van der Waals surface area contributed by atoms with Crippen LogP contribution in [0.1, 0.15) is 13.8 Å². The molecule has 1 N–H and O–H groups in total. The number of hydrogen-bond donors (Lipinski definition) is 1. The molecular weight excluding hydrogens is 144 g/mol. The Labute approximate surface area is 65.0 Å². The molecule has 1 heterocycles. The predicted octanol–water partition coefficient (Wildman–Crippen LogP) is 0.754. The van der Waals surface area contributed by atoms with Gasteiger partial charge in [-0.1, -0.05) is 6.08 Å². The lowest BCUT2D eigenvalue weighted by atomic mass is 10.2. The van der Waals surface area contributed by atoms with Gasteiger partial charge in [0.25, 0.3) is 0 Å². The van der Waals surface area contributed by atoms with Crippen LogP contribution in [0.2, 0.25) is 0 Å². The molecule has 0 aromatic carbocycles. The van der Waals surface area contributed by atoms with E-state index in [0.717, 1.165) is 0 Å². The Morgan fingerprint density at radius 2 is 2.27 bits per heavy atom. The second-order valence-electron chi connectivity index (χ2n) is 2.37. The van der Waals surface area contributed by atoms with Crippen molar-refractivity contribution in [1.82, 2.24) is 0 Å². The Kier molecular flexibility index (Phi) is 2.10. The summed E-state index contributed by atoms with van der Waals surface area (Å²) >= 11 is 0. The molecule has 1 aliphatic rings. The summed E-state index contributed by atoms with van der Waals surface area (Å²) in [6.45, 7) is 3.49. The van der Waals surface area contributed by atoms with Crippen molar-refractivity contribution in [1.29, 1.82) is 0 Å². The van der Waals surface area contributed by atoms with Crippen molar-refractivity contribution in [2.45, 2.75) is 20.0 Å². The van der Waals surface area contributed by atoms with Gasteiger partial charge in [-0.3, -0.25) is 0 Å². The second kappa shape index (κ2) is 2.88. The molecule has 3 nitrogen and oxygen atoms in total. The van der Waals surface area contributed by atoms with Crippen molar-refractivity contribution in [2.24, 2.45) is 0 Å². The van der Waals surface area contributed by atoms with E-state index >= 15 is 0 Å². The Balaban J connectivity index is 2.88. The maximum absolute atomic E-state index is 10.7. The van der Waals surface area contributed by atoms with Crippen molar-refractivity contribution >= 4 is 5.97 Å². The van der Waals surface area contributed by atoms with Gasteiger partial charge in [-0.2, -0.15) is 0 Å². The van der Waals surface area contributed by atoms with Crippen molar-refractivity contribution in [3.05, 3.63) is 23.5 Å². The molecule has 60 valence electrons. The highest BCUT2D eigenvalue weighted by atomic mass is 16.6. The Hall–Kier alpha value is -1.09. The highest BCUT2D eigenvalue weighted by molar-refractivity contribution is 5.82. The number of allylic oxidation sites excluding steroid dienone is 2. The molecule has 0 bridgehead atoms. The number of hydrogen-bond acceptors (Lipinski definition) is 3. The highest BCUT2D eigenvalue weighted by Crippen LogP contribution is 2.20. The molecule has 11 heavy (non-hydrogen) atoms. The molecule has 0 radical (unpaired) electrons. The molecule has 0 saturated carbocycles. The third-order valence-corrected chi connectivity index (χ3v) is 1.55. The number of aliphatic hydroxyl groups is 1. The molecule has 1 rings (SSSR count). The third kappa shape index (κ3) is 1.33. The number of carbonyl (C=O) groups excluding carboxylic acids is 1. The van der Waals surface area contributed by atoms with E-state index in [1.54, 1.807) is 19.1 Å². The zero-order valence-electron chi connectivity index (χ0n) is 6.50. The van der Waals surface area contributed by atoms with Gasteiger partial charge in [-0.05, 0) is 19.9 Å². The SMILES string of the molecule is C/C=C/C1=C(C)[C@H](O)C(=O)O1. The molecule has 0 aliphatic carbocycles. The van der Waals surface area contributed by atoms with Gasteiger partial charge in [0.2, 0.25) is 0 Å². The van der Waals surface area contributed by atoms with Crippen LogP contribution in [0.4, 0.5) is 0 Å². The summed E-state index contributed by atoms with van der Waals surface area (Å²) in [4.78, 5) is 10.7. The molecule has 0 fully saturated rings. The number of cyclic esters (lactones) is 1. The summed E-state index contributed by atoms with van der Waals surface area (Å²) in [6, 6.07) is 0. The van der Waals surface area contributed by atoms with Crippen molar-refractivity contribution in [3.63, 3.8) is 0 Å². The zero-order chi connectivity index (χ0) is 8.43. The minimum Gasteiger partial charge on any atom is -0.424 e. The fourth-order valence-electron chi connectivity index (χ4n) is 0.873. The topological polar surface area (TPSA) is 46.5 Å². The molecule has 0 saturated heterocycles. The first-order valence-corrected chi connectivity index (χ1v) is 3.40. The maximum Gasteiger partial charge on any atom is 0.344 e. The van der Waals surface area contributed by atoms with Gasteiger partial charge >= 0.3 is 5.97 Å². The van der Waals surface area contributed by atoms with Gasteiger partial charge in [0.05, 0.1) is 0 Å². The van der Waals surface area contributed by atoms with Crippen LogP contribution in [0, 0.1) is 0 Å². The fourth-order valence-corrected chi connectivity index (χ4v) is 0.873. The molecule has 1 atom stereocenters. The molecule has 0 unspecified atom stereocenters. The third-order valence-electron chi connectivity index (χ3n) is 1.55. The van der Waals surface area contributed by atoms with E-state index in [1.807, 2.05) is 6.92 Å². The summed E-state index contributed by atoms with van der Waals surface area (Å²) in [5.74, 6) is -0.124. The molecule has 0 amide bonds. The van der Waals surface area contributed by atoms with Crippen molar-refractivity contribution in [2.75, 3.05) is 0 Å². The van der Waals surface area contributed by atoms with E-state index in [1.165, 1.54) is 0 Å². The summed E-state index contributed by atoms with van der Waals surface area (Å²) in [6.07, 6.45) is 2.34. The summed E-state index contributed by atoms with van der Waals surface area (Å²) in [7, 11) is 0. The van der Waals surface area contributed by atoms with Gasteiger partial charge in [0, 0.05) is 5.57 Å². The highest BCUT2D eigenvalue weighted by Gasteiger charge is 2.29. The first kappa shape index (κ1) is 8.01. The first-order valence-electron chi connectivity index (χ1n) is 3.40. The van der Waals surface area contributed by atoms with Crippen LogP contribution in [0.15, 0.2) is 23.5 Å². The quantitative estimate of drug-likeness (QED) is 0.567. The maximum atomic E-state index is 10.7. The van der Waals surface area contributed by atoms with E-state index < -0.39 is 12.1 Å². The summed E-state index contributed by atoms with van der Waals surface area (Å²) in [5, 5.41) is 9.10. The van der Waals surface area contributed by atoms with E-state index in [2.05, 4.69) is 0 Å². The Morgan fingerprint density at radius 1 is 1.64 bits per heavy atom. The van der Waals surface area contributed by atoms with Crippen LogP contribution in [0.3, 0.4) is 0 Å². The minimum absolute atomic E-state index is 0.463. The van der Waals surface area contributed by atoms with Crippen LogP contribution < -0.4 is 0 Å². The van der Waals surface area contributed by atoms with Crippen LogP contribution in [-0.2, 0) is 9.53 Å². The molecule has 1 aliphatic heterocycles. The molecule has 3 heteroatoms. The molecule has 0 spiro atoms. The van der Waals surface area contributed by atoms with Gasteiger partial charge < -0.3 is 9.84 Å². The van der Waals surface area contributed by atoms with E-state index in [-0.39, 0.29) is 0 Å². The second-order valence-corrected chi connectivity index (χ2v) is 2.37. The van der Waals surface area contributed by atoms with E-state index in [9.17, 15) is 4.79 Å². The van der Waals surface area contributed by atoms with Crippen molar-refractivity contribution in [3.8, 4) is 0 Å². The average molecular weight is 154 g/mol. The first-order chi connectivity index (χ1) is 5.16. The fraction of sp³-hybridized carbons (Fsp3) is 0.375. The lowest BCUT2D eigenvalue weighted by molar-refractivity contribution is -0.143. The smallest absolute Gasteiger partial charge is 0.344 e. The van der Waals surface area contributed by atoms with Gasteiger partial charge in [-0.15, -0.1) is 0 Å². The van der Waals surface area contributed by atoms with Crippen LogP contribution in [0.5, 0.6) is 0 Å². The summed E-state index contributed by atoms with van der Waals surface area (Å²) in [5.41, 5.74) is 0.577. The lowest BCUT2D eigenvalue weighted by Crippen LogP contribution is -2.15. The van der Waals surface area contributed by atoms with Gasteiger partial charge in [-0.25, -0.2) is 4.79 Å². The zero-order valence-corrected chi connectivity index (χ0v) is 6.50. The van der Waals surface area contributed by atoms with Crippen LogP contribution in [0.25, 0.3) is 0 Å². The number of carbonyl (C=O) groups is 1. The van der Waals surface area contributed by atoms with E-state index in [4.69, 9.17) is 9.84 Å². The Bertz CT molecular complexity index is 238. The Morgan fingerprint density at radius 3 is 2.64 bits per heavy atom. The van der Waals surface area contributed by atoms with Gasteiger partial charge in [0.15, 0.2) is 6.10 Å². The molecule has 0 aromatic heterocycles. The van der Waals surface area contributed by atoms with Crippen LogP contribution >= 0.6 is 0 Å². The monoisotopic (exact) mass is 154 g/mol. The number of esters is 1. The largest absolute Gasteiger partial charge is 0.424 e. The van der Waals surface area contributed by atoms with Crippen LogP contribution in [-0.4, -0.2) is 17.2 Å².